The van der Waals surface area contributed by atoms with Crippen molar-refractivity contribution >= 4 is 44.8 Å². The summed E-state index contributed by atoms with van der Waals surface area (Å²) in [6.07, 6.45) is 1.70. The molecule has 146 valence electrons. The van der Waals surface area contributed by atoms with Gasteiger partial charge in [0.05, 0.1) is 29.3 Å². The van der Waals surface area contributed by atoms with E-state index in [1.807, 2.05) is 0 Å². The van der Waals surface area contributed by atoms with Gasteiger partial charge in [0.1, 0.15) is 10.7 Å². The van der Waals surface area contributed by atoms with Gasteiger partial charge in [0.25, 0.3) is 10.0 Å². The van der Waals surface area contributed by atoms with Crippen LogP contribution in [-0.4, -0.2) is 14.3 Å². The van der Waals surface area contributed by atoms with Crippen molar-refractivity contribution in [1.82, 2.24) is 5.32 Å². The molecule has 0 aliphatic heterocycles. The molecular weight excluding hydrogens is 423 g/mol. The fraction of sp³-hybridized carbons (Fsp3) is 0.105. The number of carbonyl (C=O) groups excluding carboxylic acids is 1. The van der Waals surface area contributed by atoms with Gasteiger partial charge >= 0.3 is 0 Å². The zero-order chi connectivity index (χ0) is 20.1. The molecule has 0 saturated heterocycles. The van der Waals surface area contributed by atoms with E-state index in [1.54, 1.807) is 42.5 Å². The highest BCUT2D eigenvalue weighted by Gasteiger charge is 2.21. The van der Waals surface area contributed by atoms with Gasteiger partial charge in [0.15, 0.2) is 0 Å². The number of hydrogen-bond acceptors (Lipinski definition) is 4. The van der Waals surface area contributed by atoms with Crippen molar-refractivity contribution in [2.75, 3.05) is 4.72 Å². The Balaban J connectivity index is 1.63. The molecule has 1 heterocycles. The second-order valence-electron chi connectivity index (χ2n) is 5.89. The summed E-state index contributed by atoms with van der Waals surface area (Å²) in [5, 5.41) is 2.81. The van der Waals surface area contributed by atoms with Crippen molar-refractivity contribution in [1.29, 1.82) is 0 Å². The fourth-order valence-corrected chi connectivity index (χ4v) is 4.69. The van der Waals surface area contributed by atoms with E-state index in [-0.39, 0.29) is 27.3 Å². The third-order valence-electron chi connectivity index (χ3n) is 3.80. The smallest absolute Gasteiger partial charge is 0.264 e. The summed E-state index contributed by atoms with van der Waals surface area (Å²) in [4.78, 5) is 11.8. The Labute approximate surface area is 172 Å². The third-order valence-corrected chi connectivity index (χ3v) is 6.13. The highest BCUT2D eigenvalue weighted by atomic mass is 35.5. The molecule has 28 heavy (non-hydrogen) atoms. The van der Waals surface area contributed by atoms with E-state index >= 15 is 0 Å². The molecule has 0 radical (unpaired) electrons. The van der Waals surface area contributed by atoms with E-state index in [2.05, 4.69) is 10.0 Å². The summed E-state index contributed by atoms with van der Waals surface area (Å²) in [5.41, 5.74) is 1.06. The normalized spacial score (nSPS) is 11.2. The zero-order valence-electron chi connectivity index (χ0n) is 14.5. The monoisotopic (exact) mass is 438 g/mol. The van der Waals surface area contributed by atoms with Crippen LogP contribution in [0, 0.1) is 0 Å². The molecule has 6 nitrogen and oxygen atoms in total. The van der Waals surface area contributed by atoms with Crippen LogP contribution in [0.3, 0.4) is 0 Å². The van der Waals surface area contributed by atoms with Gasteiger partial charge in [-0.1, -0.05) is 41.4 Å². The first kappa shape index (κ1) is 20.3. The molecule has 3 aromatic rings. The Bertz CT molecular complexity index is 1050. The van der Waals surface area contributed by atoms with Crippen LogP contribution in [-0.2, 0) is 27.8 Å². The SMILES string of the molecule is O=C(Cc1ccc(NS(=O)(=O)c2c(Cl)cccc2Cl)cc1)NCc1ccco1. The molecule has 2 N–H and O–H groups in total. The molecule has 0 saturated carbocycles. The molecule has 1 aromatic heterocycles. The van der Waals surface area contributed by atoms with Crippen LogP contribution in [0.1, 0.15) is 11.3 Å². The third kappa shape index (κ3) is 5.07. The summed E-state index contributed by atoms with van der Waals surface area (Å²) in [5.74, 6) is 0.490. The van der Waals surface area contributed by atoms with Crippen molar-refractivity contribution in [2.45, 2.75) is 17.9 Å². The van der Waals surface area contributed by atoms with Gasteiger partial charge in [-0.3, -0.25) is 9.52 Å². The Morgan fingerprint density at radius 2 is 1.64 bits per heavy atom. The molecule has 9 heteroatoms. The Hall–Kier alpha value is -2.48. The van der Waals surface area contributed by atoms with Gasteiger partial charge in [-0.15, -0.1) is 0 Å². The van der Waals surface area contributed by atoms with Gasteiger partial charge in [-0.2, -0.15) is 0 Å². The molecule has 0 spiro atoms. The van der Waals surface area contributed by atoms with Crippen molar-refractivity contribution in [3.8, 4) is 0 Å². The second kappa shape index (κ2) is 8.68. The maximum Gasteiger partial charge on any atom is 0.264 e. The highest BCUT2D eigenvalue weighted by Crippen LogP contribution is 2.30. The van der Waals surface area contributed by atoms with Gasteiger partial charge in [0, 0.05) is 5.69 Å². The van der Waals surface area contributed by atoms with E-state index < -0.39 is 10.0 Å². The lowest BCUT2D eigenvalue weighted by atomic mass is 10.1. The van der Waals surface area contributed by atoms with Gasteiger partial charge in [0.2, 0.25) is 5.91 Å². The first-order valence-corrected chi connectivity index (χ1v) is 10.4. The van der Waals surface area contributed by atoms with Gasteiger partial charge < -0.3 is 9.73 Å². The van der Waals surface area contributed by atoms with E-state index in [0.717, 1.165) is 5.56 Å². The minimum atomic E-state index is -3.95. The molecule has 1 amide bonds. The molecule has 0 unspecified atom stereocenters. The number of furan rings is 1. The number of sulfonamides is 1. The minimum absolute atomic E-state index is 0.0323. The first-order chi connectivity index (χ1) is 13.3. The number of halogens is 2. The highest BCUT2D eigenvalue weighted by molar-refractivity contribution is 7.93. The van der Waals surface area contributed by atoms with Crippen molar-refractivity contribution in [2.24, 2.45) is 0 Å². The van der Waals surface area contributed by atoms with E-state index in [9.17, 15) is 13.2 Å². The standard InChI is InChI=1S/C19H16Cl2N2O4S/c20-16-4-1-5-17(21)19(16)28(25,26)23-14-8-6-13(7-9-14)11-18(24)22-12-15-3-2-10-27-15/h1-10,23H,11-12H2,(H,22,24). The molecule has 0 aliphatic carbocycles. The molecule has 0 atom stereocenters. The number of nitrogens with one attached hydrogen (secondary N) is 2. The quantitative estimate of drug-likeness (QED) is 0.576. The maximum absolute atomic E-state index is 12.6. The zero-order valence-corrected chi connectivity index (χ0v) is 16.8. The Morgan fingerprint density at radius 1 is 0.964 bits per heavy atom. The van der Waals surface area contributed by atoms with E-state index in [1.165, 1.54) is 18.4 Å². The summed E-state index contributed by atoms with van der Waals surface area (Å²) in [7, 11) is -3.95. The predicted octanol–water partition coefficient (Wildman–Crippen LogP) is 4.25. The minimum Gasteiger partial charge on any atom is -0.467 e. The van der Waals surface area contributed by atoms with Crippen molar-refractivity contribution in [3.63, 3.8) is 0 Å². The number of amides is 1. The van der Waals surface area contributed by atoms with E-state index in [4.69, 9.17) is 27.6 Å². The fourth-order valence-electron chi connectivity index (χ4n) is 2.48. The predicted molar refractivity (Wildman–Crippen MR) is 108 cm³/mol. The molecule has 0 aliphatic rings. The molecule has 0 fully saturated rings. The van der Waals surface area contributed by atoms with Crippen LogP contribution in [0.4, 0.5) is 5.69 Å². The van der Waals surface area contributed by atoms with Crippen molar-refractivity contribution < 1.29 is 17.6 Å². The van der Waals surface area contributed by atoms with Crippen LogP contribution in [0.25, 0.3) is 0 Å². The topological polar surface area (TPSA) is 88.4 Å². The molecule has 0 bridgehead atoms. The first-order valence-electron chi connectivity index (χ1n) is 8.20. The van der Waals surface area contributed by atoms with Crippen LogP contribution in [0.2, 0.25) is 10.0 Å². The van der Waals surface area contributed by atoms with Crippen molar-refractivity contribution in [3.05, 3.63) is 82.2 Å². The number of hydrogen-bond donors (Lipinski definition) is 2. The molecule has 2 aromatic carbocycles. The van der Waals surface area contributed by atoms with Gasteiger partial charge in [-0.25, -0.2) is 8.42 Å². The lowest BCUT2D eigenvalue weighted by Crippen LogP contribution is -2.24. The number of anilines is 1. The maximum atomic E-state index is 12.6. The molecule has 3 rings (SSSR count). The number of carbonyl (C=O) groups is 1. The van der Waals surface area contributed by atoms with E-state index in [0.29, 0.717) is 18.0 Å². The lowest BCUT2D eigenvalue weighted by molar-refractivity contribution is -0.120. The summed E-state index contributed by atoms with van der Waals surface area (Å²) in [6, 6.07) is 14.4. The summed E-state index contributed by atoms with van der Waals surface area (Å²) in [6.45, 7) is 0.308. The Morgan fingerprint density at radius 3 is 2.25 bits per heavy atom. The second-order valence-corrected chi connectivity index (χ2v) is 8.32. The largest absolute Gasteiger partial charge is 0.467 e. The lowest BCUT2D eigenvalue weighted by Gasteiger charge is -2.11. The van der Waals surface area contributed by atoms with Crippen LogP contribution in [0.5, 0.6) is 0 Å². The number of benzene rings is 2. The molecular formula is C19H16Cl2N2O4S. The van der Waals surface area contributed by atoms with Crippen LogP contribution in [0.15, 0.2) is 70.2 Å². The van der Waals surface area contributed by atoms with Crippen LogP contribution < -0.4 is 10.0 Å². The van der Waals surface area contributed by atoms with Gasteiger partial charge in [-0.05, 0) is 42.0 Å². The number of rotatable bonds is 7. The average molecular weight is 439 g/mol. The Kier molecular flexibility index (Phi) is 6.28. The summed E-state index contributed by atoms with van der Waals surface area (Å²) < 4.78 is 32.7. The van der Waals surface area contributed by atoms with Crippen LogP contribution >= 0.6 is 23.2 Å². The summed E-state index contributed by atoms with van der Waals surface area (Å²) >= 11 is 11.9. The average Bonchev–Trinajstić information content (AvgIpc) is 3.15.